The van der Waals surface area contributed by atoms with E-state index >= 15 is 0 Å². The maximum absolute atomic E-state index is 11.6. The quantitative estimate of drug-likeness (QED) is 0.291. The molecule has 0 radical (unpaired) electrons. The summed E-state index contributed by atoms with van der Waals surface area (Å²) in [5.41, 5.74) is 0. The third-order valence-electron chi connectivity index (χ3n) is 2.30. The van der Waals surface area contributed by atoms with E-state index in [9.17, 15) is 9.59 Å². The number of rotatable bonds is 10. The molecule has 0 saturated heterocycles. The van der Waals surface area contributed by atoms with E-state index in [-0.39, 0.29) is 24.9 Å². The summed E-state index contributed by atoms with van der Waals surface area (Å²) in [5.74, 6) is 0.382. The second-order valence-corrected chi connectivity index (χ2v) is 7.08. The van der Waals surface area contributed by atoms with Crippen molar-refractivity contribution in [3.05, 3.63) is 0 Å². The molecule has 4 unspecified atom stereocenters. The molecular weight excluding hydrogens is 332 g/mol. The Kier molecular flexibility index (Phi) is 11.4. The molecule has 0 aromatic heterocycles. The molecule has 21 heavy (non-hydrogen) atoms. The Hall–Kier alpha value is -0.0900. The van der Waals surface area contributed by atoms with Crippen molar-refractivity contribution < 1.29 is 19.8 Å². The van der Waals surface area contributed by atoms with Crippen LogP contribution in [0.25, 0.3) is 0 Å². The first kappa shape index (κ1) is 20.9. The topological polar surface area (TPSA) is 98.7 Å². The van der Waals surface area contributed by atoms with Crippen LogP contribution in [0.3, 0.4) is 0 Å². The summed E-state index contributed by atoms with van der Waals surface area (Å²) in [7, 11) is 0. The van der Waals surface area contributed by atoms with Gasteiger partial charge < -0.3 is 20.8 Å². The van der Waals surface area contributed by atoms with E-state index < -0.39 is 22.7 Å². The summed E-state index contributed by atoms with van der Waals surface area (Å²) in [5, 5.41) is 22.3. The molecule has 124 valence electrons. The van der Waals surface area contributed by atoms with Crippen LogP contribution in [0.1, 0.15) is 13.8 Å². The molecule has 4 N–H and O–H groups in total. The molecule has 0 saturated carbocycles. The van der Waals surface area contributed by atoms with Gasteiger partial charge in [-0.25, -0.2) is 0 Å². The predicted molar refractivity (Wildman–Crippen MR) is 92.3 cm³/mol. The molecule has 0 bridgehead atoms. The number of nitrogens with one attached hydrogen (secondary N) is 2. The fraction of sp³-hybridized carbons (Fsp3) is 0.833. The molecule has 2 amide bonds. The summed E-state index contributed by atoms with van der Waals surface area (Å²) in [6.07, 6.45) is -1.19. The first-order valence-corrected chi connectivity index (χ1v) is 8.78. The molecule has 0 aliphatic rings. The Morgan fingerprint density at radius 3 is 1.57 bits per heavy atom. The van der Waals surface area contributed by atoms with E-state index in [1.165, 1.54) is 11.8 Å². The van der Waals surface area contributed by atoms with E-state index in [1.54, 1.807) is 13.8 Å². The third kappa shape index (κ3) is 11.2. The second-order valence-electron chi connectivity index (χ2n) is 4.76. The molecule has 0 aliphatic heterocycles. The fourth-order valence-electron chi connectivity index (χ4n) is 1.17. The average Bonchev–Trinajstić information content (AvgIpc) is 2.41. The van der Waals surface area contributed by atoms with Gasteiger partial charge in [0.05, 0.1) is 22.7 Å². The van der Waals surface area contributed by atoms with E-state index in [2.05, 4.69) is 35.9 Å². The number of carbonyl (C=O) groups excluding carboxylic acids is 2. The lowest BCUT2D eigenvalue weighted by Crippen LogP contribution is -2.38. The molecule has 0 spiro atoms. The fourth-order valence-corrected chi connectivity index (χ4v) is 2.88. The minimum atomic E-state index is -0.596. The van der Waals surface area contributed by atoms with Crippen LogP contribution in [0.4, 0.5) is 0 Å². The van der Waals surface area contributed by atoms with Crippen molar-refractivity contribution in [3.8, 4) is 0 Å². The van der Waals surface area contributed by atoms with Gasteiger partial charge in [-0.3, -0.25) is 9.59 Å². The first-order chi connectivity index (χ1) is 9.73. The predicted octanol–water partition coefficient (Wildman–Crippen LogP) is -0.690. The smallest absolute Gasteiger partial charge is 0.233 e. The molecule has 4 atom stereocenters. The largest absolute Gasteiger partial charge is 0.392 e. The Morgan fingerprint density at radius 2 is 1.29 bits per heavy atom. The van der Waals surface area contributed by atoms with E-state index in [4.69, 9.17) is 10.2 Å². The zero-order valence-corrected chi connectivity index (χ0v) is 14.8. The molecule has 0 aliphatic carbocycles. The zero-order valence-electron chi connectivity index (χ0n) is 12.2. The lowest BCUT2D eigenvalue weighted by molar-refractivity contribution is -0.121. The van der Waals surface area contributed by atoms with Crippen molar-refractivity contribution in [2.45, 2.75) is 36.6 Å². The second kappa shape index (κ2) is 11.5. The maximum atomic E-state index is 11.6. The van der Waals surface area contributed by atoms with Crippen molar-refractivity contribution in [1.29, 1.82) is 0 Å². The van der Waals surface area contributed by atoms with E-state index in [0.29, 0.717) is 11.5 Å². The van der Waals surface area contributed by atoms with Gasteiger partial charge in [0, 0.05) is 24.6 Å². The highest BCUT2D eigenvalue weighted by Gasteiger charge is 2.17. The van der Waals surface area contributed by atoms with Crippen LogP contribution in [-0.2, 0) is 9.59 Å². The lowest BCUT2D eigenvalue weighted by atomic mass is 10.3. The Morgan fingerprint density at radius 1 is 0.952 bits per heavy atom. The molecule has 0 heterocycles. The van der Waals surface area contributed by atoms with Gasteiger partial charge in [-0.05, 0) is 13.8 Å². The van der Waals surface area contributed by atoms with Gasteiger partial charge in [0.1, 0.15) is 0 Å². The zero-order chi connectivity index (χ0) is 16.4. The Bertz CT molecular complexity index is 300. The summed E-state index contributed by atoms with van der Waals surface area (Å²) < 4.78 is 0. The van der Waals surface area contributed by atoms with Gasteiger partial charge in [-0.2, -0.15) is 37.0 Å². The normalized spacial score (nSPS) is 16.7. The van der Waals surface area contributed by atoms with Gasteiger partial charge in [-0.15, -0.1) is 0 Å². The highest BCUT2D eigenvalue weighted by atomic mass is 32.2. The number of thioether (sulfide) groups is 1. The minimum Gasteiger partial charge on any atom is -0.392 e. The Balaban J connectivity index is 3.86. The lowest BCUT2D eigenvalue weighted by Gasteiger charge is -2.15. The number of hydrogen-bond acceptors (Lipinski definition) is 7. The van der Waals surface area contributed by atoms with Crippen molar-refractivity contribution in [3.63, 3.8) is 0 Å². The maximum Gasteiger partial charge on any atom is 0.233 e. The summed E-state index contributed by atoms with van der Waals surface area (Å²) >= 11 is 9.75. The number of thiol groups is 2. The van der Waals surface area contributed by atoms with Gasteiger partial charge in [0.15, 0.2) is 0 Å². The van der Waals surface area contributed by atoms with Crippen LogP contribution >= 0.6 is 37.0 Å². The monoisotopic (exact) mass is 356 g/mol. The van der Waals surface area contributed by atoms with Crippen molar-refractivity contribution in [1.82, 2.24) is 10.6 Å². The Labute approximate surface area is 140 Å². The summed E-state index contributed by atoms with van der Waals surface area (Å²) in [6.45, 7) is 3.55. The number of hydrogen-bond donors (Lipinski definition) is 6. The minimum absolute atomic E-state index is 0.192. The van der Waals surface area contributed by atoms with Gasteiger partial charge >= 0.3 is 0 Å². The van der Waals surface area contributed by atoms with Crippen molar-refractivity contribution in [2.24, 2.45) is 0 Å². The average molecular weight is 357 g/mol. The molecule has 0 aromatic rings. The van der Waals surface area contributed by atoms with Crippen molar-refractivity contribution in [2.75, 3.05) is 24.6 Å². The van der Waals surface area contributed by atoms with Gasteiger partial charge in [-0.1, -0.05) is 0 Å². The van der Waals surface area contributed by atoms with Crippen LogP contribution in [0.5, 0.6) is 0 Å². The van der Waals surface area contributed by atoms with E-state index in [0.717, 1.165) is 0 Å². The highest BCUT2D eigenvalue weighted by molar-refractivity contribution is 8.01. The number of aliphatic hydroxyl groups excluding tert-OH is 2. The highest BCUT2D eigenvalue weighted by Crippen LogP contribution is 2.12. The molecule has 0 aromatic carbocycles. The SMILES string of the molecule is CC(O)CNC(=O)C(S)CSCC(S)C(=O)NCC(C)O. The van der Waals surface area contributed by atoms with E-state index in [1.807, 2.05) is 0 Å². The number of aliphatic hydroxyl groups is 2. The molecular formula is C12H24N2O4S3. The standard InChI is InChI=1S/C12H24N2O4S3/c1-7(15)3-13-11(17)9(19)5-21-6-10(20)12(18)14-4-8(2)16/h7-10,15-16,19-20H,3-6H2,1-2H3,(H,13,17)(H,14,18). The van der Waals surface area contributed by atoms with Crippen LogP contribution in [-0.4, -0.2) is 69.3 Å². The van der Waals surface area contributed by atoms with Crippen molar-refractivity contribution >= 4 is 48.8 Å². The van der Waals surface area contributed by atoms with Crippen LogP contribution in [0, 0.1) is 0 Å². The third-order valence-corrected chi connectivity index (χ3v) is 4.77. The number of carbonyl (C=O) groups is 2. The van der Waals surface area contributed by atoms with Crippen LogP contribution in [0.2, 0.25) is 0 Å². The molecule has 0 rings (SSSR count). The van der Waals surface area contributed by atoms with Crippen LogP contribution < -0.4 is 10.6 Å². The first-order valence-electron chi connectivity index (χ1n) is 6.59. The summed E-state index contributed by atoms with van der Waals surface area (Å²) in [4.78, 5) is 23.2. The van der Waals surface area contributed by atoms with Crippen LogP contribution in [0.15, 0.2) is 0 Å². The summed E-state index contributed by atoms with van der Waals surface area (Å²) in [6, 6.07) is 0. The molecule has 9 heteroatoms. The van der Waals surface area contributed by atoms with Gasteiger partial charge in [0.25, 0.3) is 0 Å². The molecule has 6 nitrogen and oxygen atoms in total. The van der Waals surface area contributed by atoms with Gasteiger partial charge in [0.2, 0.25) is 11.8 Å². The molecule has 0 fully saturated rings. The number of amides is 2.